The molecule has 1 rings (SSSR count). The monoisotopic (exact) mass is 247 g/mol. The van der Waals surface area contributed by atoms with Crippen molar-refractivity contribution in [3.8, 4) is 0 Å². The van der Waals surface area contributed by atoms with Crippen molar-refractivity contribution in [2.45, 2.75) is 9.79 Å². The van der Waals surface area contributed by atoms with Gasteiger partial charge in [0, 0.05) is 23.4 Å². The molecule has 0 aliphatic heterocycles. The molecule has 1 unspecified atom stereocenters. The van der Waals surface area contributed by atoms with E-state index in [-0.39, 0.29) is 4.90 Å². The van der Waals surface area contributed by atoms with Gasteiger partial charge < -0.3 is 5.73 Å². The second kappa shape index (κ2) is 4.87. The van der Waals surface area contributed by atoms with E-state index in [1.54, 1.807) is 12.1 Å². The zero-order valence-electron chi connectivity index (χ0n) is 8.34. The molecule has 6 heteroatoms. The van der Waals surface area contributed by atoms with Gasteiger partial charge >= 0.3 is 0 Å². The van der Waals surface area contributed by atoms with E-state index >= 15 is 0 Å². The van der Waals surface area contributed by atoms with E-state index in [0.717, 1.165) is 6.26 Å². The van der Waals surface area contributed by atoms with Crippen molar-refractivity contribution in [2.24, 2.45) is 5.73 Å². The Morgan fingerprint density at radius 1 is 1.27 bits per heavy atom. The van der Waals surface area contributed by atoms with E-state index in [9.17, 15) is 12.6 Å². The average molecular weight is 247 g/mol. The molecule has 0 amide bonds. The van der Waals surface area contributed by atoms with Gasteiger partial charge in [0.05, 0.1) is 15.7 Å². The smallest absolute Gasteiger partial charge is 0.175 e. The van der Waals surface area contributed by atoms with E-state index in [1.807, 2.05) is 0 Å². The standard InChI is InChI=1S/C9H13NO3S2/c1-15(12,13)9-4-2-8(3-5-9)14(11)7-6-10/h2-5H,6-7,10H2,1H3. The molecular formula is C9H13NO3S2. The Hall–Kier alpha value is -0.720. The first-order valence-electron chi connectivity index (χ1n) is 4.33. The second-order valence-electron chi connectivity index (χ2n) is 3.08. The van der Waals surface area contributed by atoms with E-state index in [0.29, 0.717) is 17.2 Å². The summed E-state index contributed by atoms with van der Waals surface area (Å²) in [5.41, 5.74) is 5.28. The summed E-state index contributed by atoms with van der Waals surface area (Å²) >= 11 is 0. The molecule has 0 aromatic heterocycles. The van der Waals surface area contributed by atoms with Gasteiger partial charge in [-0.25, -0.2) is 8.42 Å². The predicted molar refractivity (Wildman–Crippen MR) is 59.9 cm³/mol. The van der Waals surface area contributed by atoms with Crippen LogP contribution in [-0.2, 0) is 20.6 Å². The molecule has 0 radical (unpaired) electrons. The minimum Gasteiger partial charge on any atom is -0.330 e. The average Bonchev–Trinajstić information content (AvgIpc) is 2.17. The minimum absolute atomic E-state index is 0.232. The Morgan fingerprint density at radius 2 is 1.80 bits per heavy atom. The SMILES string of the molecule is CS(=O)(=O)c1ccc(S(=O)CCN)cc1. The molecule has 84 valence electrons. The van der Waals surface area contributed by atoms with Crippen LogP contribution >= 0.6 is 0 Å². The molecule has 1 aromatic carbocycles. The van der Waals surface area contributed by atoms with Crippen LogP contribution in [-0.4, -0.2) is 31.2 Å². The summed E-state index contributed by atoms with van der Waals surface area (Å²) in [4.78, 5) is 0.837. The summed E-state index contributed by atoms with van der Waals surface area (Å²) in [7, 11) is -4.32. The lowest BCUT2D eigenvalue weighted by Gasteiger charge is -2.02. The Kier molecular flexibility index (Phi) is 4.01. The molecule has 0 aliphatic rings. The minimum atomic E-state index is -3.18. The van der Waals surface area contributed by atoms with Crippen molar-refractivity contribution in [2.75, 3.05) is 18.6 Å². The highest BCUT2D eigenvalue weighted by Gasteiger charge is 2.08. The van der Waals surface area contributed by atoms with Gasteiger partial charge in [-0.05, 0) is 24.3 Å². The maximum Gasteiger partial charge on any atom is 0.175 e. The Morgan fingerprint density at radius 3 is 2.20 bits per heavy atom. The van der Waals surface area contributed by atoms with Crippen LogP contribution in [0.2, 0.25) is 0 Å². The largest absolute Gasteiger partial charge is 0.330 e. The van der Waals surface area contributed by atoms with Gasteiger partial charge in [0.1, 0.15) is 0 Å². The summed E-state index contributed by atoms with van der Waals surface area (Å²) in [6, 6.07) is 6.03. The third-order valence-electron chi connectivity index (χ3n) is 1.82. The molecule has 0 bridgehead atoms. The van der Waals surface area contributed by atoms with Gasteiger partial charge in [0.25, 0.3) is 0 Å². The number of benzene rings is 1. The summed E-state index contributed by atoms with van der Waals surface area (Å²) in [5.74, 6) is 0.387. The quantitative estimate of drug-likeness (QED) is 0.822. The van der Waals surface area contributed by atoms with Crippen LogP contribution in [0.4, 0.5) is 0 Å². The lowest BCUT2D eigenvalue weighted by molar-refractivity contribution is 0.601. The first-order chi connectivity index (χ1) is 6.95. The highest BCUT2D eigenvalue weighted by atomic mass is 32.2. The summed E-state index contributed by atoms with van der Waals surface area (Å²) in [6.45, 7) is 0.348. The fourth-order valence-corrected chi connectivity index (χ4v) is 2.58. The normalized spacial score (nSPS) is 13.7. The Balaban J connectivity index is 2.96. The number of nitrogens with two attached hydrogens (primary N) is 1. The van der Waals surface area contributed by atoms with E-state index in [1.165, 1.54) is 12.1 Å². The number of rotatable bonds is 4. The van der Waals surface area contributed by atoms with Crippen molar-refractivity contribution in [3.63, 3.8) is 0 Å². The van der Waals surface area contributed by atoms with Crippen LogP contribution in [0, 0.1) is 0 Å². The molecule has 0 saturated heterocycles. The highest BCUT2D eigenvalue weighted by molar-refractivity contribution is 7.90. The molecule has 15 heavy (non-hydrogen) atoms. The molecule has 0 heterocycles. The lowest BCUT2D eigenvalue weighted by Crippen LogP contribution is -2.10. The molecule has 0 saturated carbocycles. The number of sulfone groups is 1. The molecule has 0 aliphatic carbocycles. The van der Waals surface area contributed by atoms with Gasteiger partial charge in [-0.2, -0.15) is 0 Å². The van der Waals surface area contributed by atoms with Crippen LogP contribution in [0.15, 0.2) is 34.1 Å². The third-order valence-corrected chi connectivity index (χ3v) is 4.35. The van der Waals surface area contributed by atoms with Gasteiger partial charge in [0.2, 0.25) is 0 Å². The number of hydrogen-bond donors (Lipinski definition) is 1. The highest BCUT2D eigenvalue weighted by Crippen LogP contribution is 2.12. The zero-order chi connectivity index (χ0) is 11.5. The molecule has 1 aromatic rings. The summed E-state index contributed by atoms with van der Waals surface area (Å²) in [5, 5.41) is 0. The first kappa shape index (κ1) is 12.4. The van der Waals surface area contributed by atoms with E-state index in [2.05, 4.69) is 0 Å². The predicted octanol–water partition coefficient (Wildman–Crippen LogP) is 0.156. The van der Waals surface area contributed by atoms with Crippen LogP contribution in [0.5, 0.6) is 0 Å². The van der Waals surface area contributed by atoms with Gasteiger partial charge in [0.15, 0.2) is 9.84 Å². The zero-order valence-corrected chi connectivity index (χ0v) is 9.98. The van der Waals surface area contributed by atoms with Crippen molar-refractivity contribution >= 4 is 20.6 Å². The third kappa shape index (κ3) is 3.40. The summed E-state index contributed by atoms with van der Waals surface area (Å²) in [6.07, 6.45) is 1.14. The van der Waals surface area contributed by atoms with E-state index in [4.69, 9.17) is 5.73 Å². The molecule has 4 nitrogen and oxygen atoms in total. The van der Waals surface area contributed by atoms with Crippen LogP contribution in [0.1, 0.15) is 0 Å². The summed E-state index contributed by atoms with van der Waals surface area (Å²) < 4.78 is 33.8. The molecule has 2 N–H and O–H groups in total. The Bertz CT molecular complexity index is 451. The second-order valence-corrected chi connectivity index (χ2v) is 6.67. The molecule has 1 atom stereocenters. The topological polar surface area (TPSA) is 77.2 Å². The lowest BCUT2D eigenvalue weighted by atomic mass is 10.4. The molecule has 0 fully saturated rings. The van der Waals surface area contributed by atoms with Crippen molar-refractivity contribution < 1.29 is 12.6 Å². The Labute approximate surface area is 91.9 Å². The van der Waals surface area contributed by atoms with Gasteiger partial charge in [-0.1, -0.05) is 0 Å². The molecular weight excluding hydrogens is 234 g/mol. The van der Waals surface area contributed by atoms with Crippen LogP contribution in [0.25, 0.3) is 0 Å². The molecule has 0 spiro atoms. The fourth-order valence-electron chi connectivity index (χ4n) is 1.06. The van der Waals surface area contributed by atoms with E-state index < -0.39 is 20.6 Å². The van der Waals surface area contributed by atoms with Crippen LogP contribution < -0.4 is 5.73 Å². The maximum absolute atomic E-state index is 11.5. The van der Waals surface area contributed by atoms with Crippen molar-refractivity contribution in [3.05, 3.63) is 24.3 Å². The van der Waals surface area contributed by atoms with Crippen molar-refractivity contribution in [1.82, 2.24) is 0 Å². The number of hydrogen-bond acceptors (Lipinski definition) is 4. The fraction of sp³-hybridized carbons (Fsp3) is 0.333. The van der Waals surface area contributed by atoms with Crippen molar-refractivity contribution in [1.29, 1.82) is 0 Å². The van der Waals surface area contributed by atoms with Gasteiger partial charge in [-0.3, -0.25) is 4.21 Å². The van der Waals surface area contributed by atoms with Gasteiger partial charge in [-0.15, -0.1) is 0 Å². The van der Waals surface area contributed by atoms with Crippen LogP contribution in [0.3, 0.4) is 0 Å². The maximum atomic E-state index is 11.5. The first-order valence-corrected chi connectivity index (χ1v) is 7.55.